The van der Waals surface area contributed by atoms with Crippen molar-refractivity contribution < 1.29 is 23.9 Å². The summed E-state index contributed by atoms with van der Waals surface area (Å²) in [5.74, 6) is -0.668. The molecule has 4 atom stereocenters. The summed E-state index contributed by atoms with van der Waals surface area (Å²) in [5.41, 5.74) is -0.723. The van der Waals surface area contributed by atoms with Gasteiger partial charge in [-0.1, -0.05) is 53.9 Å². The van der Waals surface area contributed by atoms with E-state index in [2.05, 4.69) is 50.2 Å². The molecule has 4 fully saturated rings. The molecule has 4 aliphatic rings. The number of aromatic nitrogens is 1. The molecule has 2 N–H and O–H groups in total. The second-order valence-electron chi connectivity index (χ2n) is 15.5. The average molecular weight is 630 g/mol. The first kappa shape index (κ1) is 32.9. The number of ether oxygens (including phenoxy) is 1. The molecule has 0 unspecified atom stereocenters. The Morgan fingerprint density at radius 2 is 1.70 bits per heavy atom. The smallest absolute Gasteiger partial charge is 0.265 e. The van der Waals surface area contributed by atoms with E-state index in [0.717, 1.165) is 24.3 Å². The van der Waals surface area contributed by atoms with Crippen LogP contribution < -0.4 is 10.6 Å². The van der Waals surface area contributed by atoms with Crippen LogP contribution in [0, 0.1) is 28.6 Å². The summed E-state index contributed by atoms with van der Waals surface area (Å²) < 4.78 is 6.17. The van der Waals surface area contributed by atoms with Crippen molar-refractivity contribution in [1.29, 1.82) is 0 Å². The van der Waals surface area contributed by atoms with Gasteiger partial charge in [0.1, 0.15) is 10.9 Å². The van der Waals surface area contributed by atoms with Gasteiger partial charge in [-0.3, -0.25) is 19.2 Å². The molecule has 0 radical (unpaired) electrons. The number of hydrogen-bond donors (Lipinski definition) is 2. The lowest BCUT2D eigenvalue weighted by Gasteiger charge is -2.50. The van der Waals surface area contributed by atoms with Gasteiger partial charge < -0.3 is 25.2 Å². The van der Waals surface area contributed by atoms with Crippen molar-refractivity contribution in [3.63, 3.8) is 0 Å². The van der Waals surface area contributed by atoms with E-state index in [9.17, 15) is 19.2 Å². The van der Waals surface area contributed by atoms with Crippen molar-refractivity contribution >= 4 is 35.0 Å². The molecule has 5 rings (SSSR count). The van der Waals surface area contributed by atoms with Crippen molar-refractivity contribution in [2.45, 2.75) is 97.6 Å². The van der Waals surface area contributed by atoms with Crippen LogP contribution in [-0.2, 0) is 24.5 Å². The minimum atomic E-state index is -0.862. The Labute approximate surface area is 266 Å². The van der Waals surface area contributed by atoms with E-state index in [1.165, 1.54) is 30.6 Å². The van der Waals surface area contributed by atoms with Gasteiger partial charge >= 0.3 is 0 Å². The Bertz CT molecular complexity index is 1260. The zero-order valence-corrected chi connectivity index (χ0v) is 28.3. The highest BCUT2D eigenvalue weighted by molar-refractivity contribution is 7.13. The van der Waals surface area contributed by atoms with Crippen LogP contribution in [-0.4, -0.2) is 90.4 Å². The molecule has 3 heterocycles. The number of hydrogen-bond acceptors (Lipinski definition) is 7. The van der Waals surface area contributed by atoms with E-state index < -0.39 is 23.5 Å². The molecule has 2 saturated heterocycles. The molecule has 1 aromatic heterocycles. The minimum absolute atomic E-state index is 0.0130. The highest BCUT2D eigenvalue weighted by Crippen LogP contribution is 2.54. The van der Waals surface area contributed by atoms with E-state index in [1.807, 2.05) is 11.8 Å². The van der Waals surface area contributed by atoms with Gasteiger partial charge in [-0.05, 0) is 37.5 Å². The van der Waals surface area contributed by atoms with Crippen LogP contribution in [0.25, 0.3) is 0 Å². The molecule has 1 aromatic rings. The third-order valence-electron chi connectivity index (χ3n) is 10.4. The van der Waals surface area contributed by atoms with Gasteiger partial charge in [0, 0.05) is 56.6 Å². The molecule has 2 aliphatic heterocycles. The largest absolute Gasteiger partial charge is 0.376 e. The fourth-order valence-electron chi connectivity index (χ4n) is 7.20. The summed E-state index contributed by atoms with van der Waals surface area (Å²) in [6, 6.07) is -0.862. The predicted molar refractivity (Wildman–Crippen MR) is 169 cm³/mol. The molecule has 1 spiro atoms. The molecule has 4 amide bonds. The van der Waals surface area contributed by atoms with Crippen LogP contribution in [0.1, 0.15) is 94.7 Å². The summed E-state index contributed by atoms with van der Waals surface area (Å²) in [5, 5.41) is 6.57. The summed E-state index contributed by atoms with van der Waals surface area (Å²) in [7, 11) is 1.56. The number of nitrogens with zero attached hydrogens (tertiary/aromatic N) is 3. The predicted octanol–water partition coefficient (Wildman–Crippen LogP) is 3.60. The molecule has 0 bridgehead atoms. The van der Waals surface area contributed by atoms with E-state index in [-0.39, 0.29) is 46.9 Å². The molecule has 2 saturated carbocycles. The van der Waals surface area contributed by atoms with Gasteiger partial charge in [0.15, 0.2) is 0 Å². The van der Waals surface area contributed by atoms with Crippen LogP contribution in [0.15, 0.2) is 6.20 Å². The number of carbonyl (C=O) groups excluding carboxylic acids is 4. The molecule has 2 aliphatic carbocycles. The monoisotopic (exact) mass is 629 g/mol. The summed E-state index contributed by atoms with van der Waals surface area (Å²) in [4.78, 5) is 62.6. The maximum absolute atomic E-state index is 14.1. The molecule has 0 aromatic carbocycles. The molecule has 11 heteroatoms. The lowest BCUT2D eigenvalue weighted by molar-refractivity contribution is -0.152. The molecular weight excluding hydrogens is 578 g/mol. The molecule has 44 heavy (non-hydrogen) atoms. The fraction of sp³-hybridized carbons (Fsp3) is 0.788. The quantitative estimate of drug-likeness (QED) is 0.431. The van der Waals surface area contributed by atoms with E-state index in [1.54, 1.807) is 18.1 Å². The van der Waals surface area contributed by atoms with Gasteiger partial charge in [-0.2, -0.15) is 0 Å². The lowest BCUT2D eigenvalue weighted by atomic mass is 9.70. The van der Waals surface area contributed by atoms with E-state index in [0.29, 0.717) is 37.0 Å². The number of likely N-dealkylation sites (tertiary alicyclic amines) is 2. The molecule has 10 nitrogen and oxygen atoms in total. The summed E-state index contributed by atoms with van der Waals surface area (Å²) in [6.07, 6.45) is 7.91. The molecular formula is C33H51N5O5S. The van der Waals surface area contributed by atoms with Crippen molar-refractivity contribution in [3.8, 4) is 0 Å². The Kier molecular flexibility index (Phi) is 9.22. The summed E-state index contributed by atoms with van der Waals surface area (Å²) >= 11 is 1.39. The highest BCUT2D eigenvalue weighted by Gasteiger charge is 2.62. The second kappa shape index (κ2) is 12.3. The normalized spacial score (nSPS) is 25.7. The first-order chi connectivity index (χ1) is 20.6. The van der Waals surface area contributed by atoms with Crippen molar-refractivity contribution in [1.82, 2.24) is 25.4 Å². The Morgan fingerprint density at radius 1 is 1.07 bits per heavy atom. The number of likely N-dealkylation sites (N-methyl/N-ethyl adjacent to an activating group) is 1. The van der Waals surface area contributed by atoms with Gasteiger partial charge in [0.05, 0.1) is 23.2 Å². The van der Waals surface area contributed by atoms with Crippen molar-refractivity contribution in [3.05, 3.63) is 16.1 Å². The zero-order valence-electron chi connectivity index (χ0n) is 27.5. The first-order valence-corrected chi connectivity index (χ1v) is 17.1. The van der Waals surface area contributed by atoms with Crippen molar-refractivity contribution in [2.24, 2.45) is 28.6 Å². The minimum Gasteiger partial charge on any atom is -0.376 e. The van der Waals surface area contributed by atoms with E-state index >= 15 is 0 Å². The fourth-order valence-corrected chi connectivity index (χ4v) is 8.14. The Balaban J connectivity index is 1.31. The Morgan fingerprint density at radius 3 is 2.27 bits per heavy atom. The van der Waals surface area contributed by atoms with Gasteiger partial charge in [0.25, 0.3) is 5.91 Å². The maximum atomic E-state index is 14.1. The number of rotatable bonds is 9. The van der Waals surface area contributed by atoms with Crippen LogP contribution in [0.2, 0.25) is 0 Å². The second-order valence-corrected chi connectivity index (χ2v) is 16.5. The zero-order chi connectivity index (χ0) is 32.0. The SMILES string of the molecule is CNC(=O)[C@@H](NC(=O)[C@@H]1CN(C(=O)c2cnc(C(C)(C)C)s2)CC12CN(C(=O)[C@H]1CC1(C)C)C2)[C@@H](C)OCC1CCCCC1. The number of amides is 4. The molecule has 244 valence electrons. The third-order valence-corrected chi connectivity index (χ3v) is 11.8. The Hall–Kier alpha value is -2.53. The van der Waals surface area contributed by atoms with Crippen LogP contribution in [0.4, 0.5) is 0 Å². The van der Waals surface area contributed by atoms with Gasteiger partial charge in [-0.15, -0.1) is 11.3 Å². The third kappa shape index (κ3) is 6.69. The van der Waals surface area contributed by atoms with Crippen LogP contribution >= 0.6 is 11.3 Å². The maximum Gasteiger partial charge on any atom is 0.265 e. The first-order valence-electron chi connectivity index (χ1n) is 16.3. The van der Waals surface area contributed by atoms with E-state index in [4.69, 9.17) is 4.74 Å². The topological polar surface area (TPSA) is 121 Å². The summed E-state index contributed by atoms with van der Waals surface area (Å²) in [6.45, 7) is 14.3. The number of thiazole rings is 1. The van der Waals surface area contributed by atoms with Gasteiger partial charge in [0.2, 0.25) is 17.7 Å². The lowest BCUT2D eigenvalue weighted by Crippen LogP contribution is -2.65. The average Bonchev–Trinajstić information content (AvgIpc) is 3.31. The van der Waals surface area contributed by atoms with Crippen LogP contribution in [0.3, 0.4) is 0 Å². The standard InChI is InChI=1S/C33H51N5O5S/c1-20(43-16-21-11-9-8-10-12-21)25(27(40)34-7)36-26(39)23-15-37(29(42)24-14-35-30(44-24)31(2,3)4)17-33(23)18-38(19-33)28(41)22-13-32(22,5)6/h14,20-23,25H,8-13,15-19H2,1-7H3,(H,34,40)(H,36,39)/t20-,22-,23+,25+/m1/s1. The van der Waals surface area contributed by atoms with Gasteiger partial charge in [-0.25, -0.2) is 4.98 Å². The van der Waals surface area contributed by atoms with Crippen molar-refractivity contribution in [2.75, 3.05) is 39.8 Å². The highest BCUT2D eigenvalue weighted by atomic mass is 32.1. The van der Waals surface area contributed by atoms with Crippen LogP contribution in [0.5, 0.6) is 0 Å². The number of nitrogens with one attached hydrogen (secondary N) is 2. The number of carbonyl (C=O) groups is 4.